The van der Waals surface area contributed by atoms with Crippen molar-refractivity contribution < 1.29 is 4.79 Å². The van der Waals surface area contributed by atoms with Crippen molar-refractivity contribution >= 4 is 29.0 Å². The molecule has 1 N–H and O–H groups in total. The van der Waals surface area contributed by atoms with Crippen LogP contribution in [0.2, 0.25) is 5.02 Å². The van der Waals surface area contributed by atoms with E-state index in [2.05, 4.69) is 26.2 Å². The monoisotopic (exact) mass is 423 g/mol. The molecule has 0 saturated carbocycles. The summed E-state index contributed by atoms with van der Waals surface area (Å²) >= 11 is 5.92. The molecule has 3 heterocycles. The van der Waals surface area contributed by atoms with Gasteiger partial charge in [0.2, 0.25) is 5.91 Å². The van der Waals surface area contributed by atoms with E-state index in [0.717, 1.165) is 63.4 Å². The quantitative estimate of drug-likeness (QED) is 0.813. The fourth-order valence-electron chi connectivity index (χ4n) is 4.27. The van der Waals surface area contributed by atoms with Crippen LogP contribution in [0.3, 0.4) is 0 Å². The van der Waals surface area contributed by atoms with Crippen LogP contribution in [0.1, 0.15) is 31.2 Å². The molecule has 0 unspecified atom stereocenters. The molecule has 2 aromatic rings. The third kappa shape index (κ3) is 4.85. The molecule has 2 saturated heterocycles. The van der Waals surface area contributed by atoms with Crippen molar-refractivity contribution in [1.82, 2.24) is 10.3 Å². The lowest BCUT2D eigenvalue weighted by atomic mass is 9.94. The maximum absolute atomic E-state index is 12.8. The molecule has 30 heavy (non-hydrogen) atoms. The van der Waals surface area contributed by atoms with Gasteiger partial charge in [0.05, 0.1) is 16.7 Å². The lowest BCUT2D eigenvalue weighted by Gasteiger charge is -2.36. The number of hydrogen-bond donors (Lipinski definition) is 1. The molecule has 1 aromatic carbocycles. The van der Waals surface area contributed by atoms with Crippen LogP contribution in [0.25, 0.3) is 0 Å². The smallest absolute Gasteiger partial charge is 0.223 e. The second-order valence-electron chi connectivity index (χ2n) is 8.02. The van der Waals surface area contributed by atoms with Gasteiger partial charge in [0.25, 0.3) is 0 Å². The summed E-state index contributed by atoms with van der Waals surface area (Å²) in [6, 6.07) is 13.9. The number of rotatable bonds is 4. The maximum atomic E-state index is 12.8. The highest BCUT2D eigenvalue weighted by molar-refractivity contribution is 6.30. The Morgan fingerprint density at radius 2 is 1.67 bits per heavy atom. The Labute approximate surface area is 182 Å². The summed E-state index contributed by atoms with van der Waals surface area (Å²) in [5.74, 6) is 1.19. The van der Waals surface area contributed by atoms with Crippen LogP contribution in [0.15, 0.2) is 42.6 Å². The van der Waals surface area contributed by atoms with Crippen molar-refractivity contribution in [2.45, 2.75) is 31.7 Å². The summed E-state index contributed by atoms with van der Waals surface area (Å²) in [6.07, 6.45) is 5.25. The lowest BCUT2D eigenvalue weighted by molar-refractivity contribution is -0.126. The molecular formula is C23H26ClN5O. The zero-order valence-corrected chi connectivity index (χ0v) is 17.7. The van der Waals surface area contributed by atoms with Crippen LogP contribution < -0.4 is 15.1 Å². The van der Waals surface area contributed by atoms with E-state index in [-0.39, 0.29) is 17.9 Å². The third-order valence-corrected chi connectivity index (χ3v) is 6.33. The largest absolute Gasteiger partial charge is 0.371 e. The minimum absolute atomic E-state index is 0.0742. The van der Waals surface area contributed by atoms with Crippen molar-refractivity contribution in [3.63, 3.8) is 0 Å². The standard InChI is InChI=1S/C23H26ClN5O/c24-19-3-6-22(26-16-19)29-11-7-18(8-12-29)23(30)27-20-9-13-28(14-10-20)21-4-1-17(15-25)2-5-21/h1-6,16,18,20H,7-14H2,(H,27,30). The second-order valence-corrected chi connectivity index (χ2v) is 8.46. The fraction of sp³-hybridized carbons (Fsp3) is 0.435. The van der Waals surface area contributed by atoms with Gasteiger partial charge >= 0.3 is 0 Å². The van der Waals surface area contributed by atoms with Gasteiger partial charge in [0.15, 0.2) is 0 Å². The molecule has 1 amide bonds. The van der Waals surface area contributed by atoms with Crippen LogP contribution in [0.4, 0.5) is 11.5 Å². The van der Waals surface area contributed by atoms with E-state index >= 15 is 0 Å². The maximum Gasteiger partial charge on any atom is 0.223 e. The van der Waals surface area contributed by atoms with E-state index in [1.54, 1.807) is 6.20 Å². The summed E-state index contributed by atoms with van der Waals surface area (Å²) < 4.78 is 0. The van der Waals surface area contributed by atoms with Gasteiger partial charge in [-0.1, -0.05) is 11.6 Å². The zero-order valence-electron chi connectivity index (χ0n) is 16.9. The Morgan fingerprint density at radius 3 is 2.27 bits per heavy atom. The van der Waals surface area contributed by atoms with Crippen molar-refractivity contribution in [1.29, 1.82) is 5.26 Å². The number of hydrogen-bond acceptors (Lipinski definition) is 5. The van der Waals surface area contributed by atoms with Gasteiger partial charge in [0, 0.05) is 50.0 Å². The summed E-state index contributed by atoms with van der Waals surface area (Å²) in [5.41, 5.74) is 1.82. The van der Waals surface area contributed by atoms with Crippen molar-refractivity contribution in [3.05, 3.63) is 53.2 Å². The first-order valence-electron chi connectivity index (χ1n) is 10.5. The van der Waals surface area contributed by atoms with E-state index in [1.807, 2.05) is 36.4 Å². The number of nitrogens with zero attached hydrogens (tertiary/aromatic N) is 4. The molecule has 156 valence electrons. The summed E-state index contributed by atoms with van der Waals surface area (Å²) in [5, 5.41) is 12.9. The van der Waals surface area contributed by atoms with E-state index in [0.29, 0.717) is 10.6 Å². The highest BCUT2D eigenvalue weighted by Crippen LogP contribution is 2.24. The van der Waals surface area contributed by atoms with Crippen molar-refractivity contribution in [2.75, 3.05) is 36.0 Å². The average Bonchev–Trinajstić information content (AvgIpc) is 2.80. The van der Waals surface area contributed by atoms with Gasteiger partial charge in [-0.3, -0.25) is 4.79 Å². The molecule has 0 radical (unpaired) electrons. The Kier molecular flexibility index (Phi) is 6.39. The molecule has 0 spiro atoms. The van der Waals surface area contributed by atoms with Gasteiger partial charge in [-0.2, -0.15) is 5.26 Å². The lowest BCUT2D eigenvalue weighted by Crippen LogP contribution is -2.48. The highest BCUT2D eigenvalue weighted by Gasteiger charge is 2.28. The van der Waals surface area contributed by atoms with E-state index < -0.39 is 0 Å². The zero-order chi connectivity index (χ0) is 20.9. The third-order valence-electron chi connectivity index (χ3n) is 6.10. The summed E-state index contributed by atoms with van der Waals surface area (Å²) in [6.45, 7) is 3.50. The first kappa shape index (κ1) is 20.5. The van der Waals surface area contributed by atoms with Crippen LogP contribution in [-0.2, 0) is 4.79 Å². The SMILES string of the molecule is N#Cc1ccc(N2CCC(NC(=O)C3CCN(c4ccc(Cl)cn4)CC3)CC2)cc1. The van der Waals surface area contributed by atoms with Gasteiger partial charge in [0.1, 0.15) is 5.82 Å². The molecule has 0 bridgehead atoms. The van der Waals surface area contributed by atoms with Crippen LogP contribution >= 0.6 is 11.6 Å². The van der Waals surface area contributed by atoms with Crippen LogP contribution in [0, 0.1) is 17.2 Å². The van der Waals surface area contributed by atoms with Gasteiger partial charge in [-0.15, -0.1) is 0 Å². The summed E-state index contributed by atoms with van der Waals surface area (Å²) in [7, 11) is 0. The Hall–Kier alpha value is -2.78. The number of nitriles is 1. The normalized spacial score (nSPS) is 18.1. The second kappa shape index (κ2) is 9.36. The minimum Gasteiger partial charge on any atom is -0.371 e. The number of carbonyl (C=O) groups is 1. The fourth-order valence-corrected chi connectivity index (χ4v) is 4.39. The number of benzene rings is 1. The number of halogens is 1. The van der Waals surface area contributed by atoms with Crippen LogP contribution in [0.5, 0.6) is 0 Å². The average molecular weight is 424 g/mol. The molecular weight excluding hydrogens is 398 g/mol. The van der Waals surface area contributed by atoms with E-state index in [4.69, 9.17) is 16.9 Å². The Balaban J connectivity index is 1.22. The van der Waals surface area contributed by atoms with Crippen LogP contribution in [-0.4, -0.2) is 43.1 Å². The van der Waals surface area contributed by atoms with Gasteiger partial charge in [-0.25, -0.2) is 4.98 Å². The number of anilines is 2. The van der Waals surface area contributed by atoms with Gasteiger partial charge < -0.3 is 15.1 Å². The predicted molar refractivity (Wildman–Crippen MR) is 119 cm³/mol. The molecule has 4 rings (SSSR count). The number of amides is 1. The first-order chi connectivity index (χ1) is 14.6. The summed E-state index contributed by atoms with van der Waals surface area (Å²) in [4.78, 5) is 21.7. The molecule has 1 aromatic heterocycles. The Morgan fingerprint density at radius 1 is 1.00 bits per heavy atom. The number of nitrogens with one attached hydrogen (secondary N) is 1. The van der Waals surface area contributed by atoms with Crippen molar-refractivity contribution in [3.8, 4) is 6.07 Å². The highest BCUT2D eigenvalue weighted by atomic mass is 35.5. The molecule has 6 nitrogen and oxygen atoms in total. The molecule has 0 atom stereocenters. The van der Waals surface area contributed by atoms with E-state index in [1.165, 1.54) is 0 Å². The van der Waals surface area contributed by atoms with Crippen molar-refractivity contribution in [2.24, 2.45) is 5.92 Å². The Bertz CT molecular complexity index is 893. The molecule has 7 heteroatoms. The molecule has 2 aliphatic heterocycles. The predicted octanol–water partition coefficient (Wildman–Crippen LogP) is 3.61. The number of piperidine rings is 2. The topological polar surface area (TPSA) is 72.3 Å². The van der Waals surface area contributed by atoms with Gasteiger partial charge in [-0.05, 0) is 62.1 Å². The number of aromatic nitrogens is 1. The molecule has 2 aliphatic rings. The molecule has 2 fully saturated rings. The molecule has 0 aliphatic carbocycles. The first-order valence-corrected chi connectivity index (χ1v) is 10.9. The number of pyridine rings is 1. The minimum atomic E-state index is 0.0742. The number of carbonyl (C=O) groups excluding carboxylic acids is 1. The van der Waals surface area contributed by atoms with E-state index in [9.17, 15) is 4.79 Å².